The molecule has 0 aliphatic carbocycles. The number of hydrogen-bond acceptors (Lipinski definition) is 5. The van der Waals surface area contributed by atoms with Crippen LogP contribution in [-0.2, 0) is 11.4 Å². The number of carbonyl (C=O) groups excluding carboxylic acids is 1. The van der Waals surface area contributed by atoms with Crippen LogP contribution in [0.3, 0.4) is 0 Å². The van der Waals surface area contributed by atoms with E-state index in [0.29, 0.717) is 19.7 Å². The molecule has 3 aromatic carbocycles. The second-order valence-corrected chi connectivity index (χ2v) is 8.61. The second-order valence-electron chi connectivity index (χ2n) is 8.61. The first-order valence-electron chi connectivity index (χ1n) is 11.9. The molecular formula is C29H28N4O2. The lowest BCUT2D eigenvalue weighted by Crippen LogP contribution is -2.48. The molecule has 0 bridgehead atoms. The average molecular weight is 465 g/mol. The van der Waals surface area contributed by atoms with Gasteiger partial charge in [-0.1, -0.05) is 54.6 Å². The maximum Gasteiger partial charge on any atom is 0.246 e. The molecule has 1 amide bonds. The lowest BCUT2D eigenvalue weighted by molar-refractivity contribution is -0.126. The highest BCUT2D eigenvalue weighted by molar-refractivity contribution is 5.92. The molecule has 0 radical (unpaired) electrons. The van der Waals surface area contributed by atoms with Crippen molar-refractivity contribution >= 4 is 28.8 Å². The molecule has 35 heavy (non-hydrogen) atoms. The quantitative estimate of drug-likeness (QED) is 0.381. The van der Waals surface area contributed by atoms with Gasteiger partial charge in [-0.3, -0.25) is 4.79 Å². The maximum atomic E-state index is 12.8. The van der Waals surface area contributed by atoms with E-state index in [2.05, 4.69) is 4.90 Å². The van der Waals surface area contributed by atoms with Gasteiger partial charge in [-0.25, -0.2) is 9.97 Å². The Morgan fingerprint density at radius 1 is 0.857 bits per heavy atom. The number of nitrogens with zero attached hydrogens (tertiary/aromatic N) is 4. The highest BCUT2D eigenvalue weighted by atomic mass is 16.5. The summed E-state index contributed by atoms with van der Waals surface area (Å²) in [5.41, 5.74) is 4.81. The summed E-state index contributed by atoms with van der Waals surface area (Å²) in [6.07, 6.45) is 3.51. The van der Waals surface area contributed by atoms with Crippen LogP contribution in [0, 0.1) is 6.92 Å². The molecule has 2 heterocycles. The van der Waals surface area contributed by atoms with Crippen LogP contribution >= 0.6 is 0 Å². The number of aryl methyl sites for hydroxylation is 1. The number of ether oxygens (including phenoxy) is 1. The number of carbonyl (C=O) groups is 1. The fourth-order valence-electron chi connectivity index (χ4n) is 4.21. The molecule has 1 saturated heterocycles. The molecule has 5 rings (SSSR count). The summed E-state index contributed by atoms with van der Waals surface area (Å²) in [7, 11) is 0. The van der Waals surface area contributed by atoms with Gasteiger partial charge in [0.15, 0.2) is 5.82 Å². The molecule has 1 aliphatic heterocycles. The van der Waals surface area contributed by atoms with Crippen LogP contribution in [0.2, 0.25) is 0 Å². The highest BCUT2D eigenvalue weighted by Gasteiger charge is 2.22. The van der Waals surface area contributed by atoms with E-state index in [0.717, 1.165) is 52.5 Å². The summed E-state index contributed by atoms with van der Waals surface area (Å²) < 4.78 is 5.83. The molecule has 1 fully saturated rings. The van der Waals surface area contributed by atoms with Crippen LogP contribution in [0.1, 0.15) is 16.8 Å². The van der Waals surface area contributed by atoms with Crippen LogP contribution in [0.4, 0.5) is 5.82 Å². The van der Waals surface area contributed by atoms with Gasteiger partial charge in [-0.15, -0.1) is 0 Å². The van der Waals surface area contributed by atoms with Gasteiger partial charge in [0.1, 0.15) is 12.4 Å². The Kier molecular flexibility index (Phi) is 6.70. The van der Waals surface area contributed by atoms with Gasteiger partial charge < -0.3 is 14.5 Å². The van der Waals surface area contributed by atoms with E-state index in [-0.39, 0.29) is 5.91 Å². The maximum absolute atomic E-state index is 12.8. The van der Waals surface area contributed by atoms with Gasteiger partial charge in [-0.2, -0.15) is 0 Å². The first-order valence-corrected chi connectivity index (χ1v) is 11.9. The fourth-order valence-corrected chi connectivity index (χ4v) is 4.21. The van der Waals surface area contributed by atoms with E-state index >= 15 is 0 Å². The predicted molar refractivity (Wildman–Crippen MR) is 139 cm³/mol. The van der Waals surface area contributed by atoms with Gasteiger partial charge in [0.2, 0.25) is 5.91 Å². The molecule has 1 aliphatic rings. The molecule has 6 nitrogen and oxygen atoms in total. The number of amides is 1. The minimum atomic E-state index is 0.0235. The topological polar surface area (TPSA) is 58.6 Å². The third-order valence-electron chi connectivity index (χ3n) is 6.16. The Bertz CT molecular complexity index is 1330. The van der Waals surface area contributed by atoms with E-state index in [1.54, 1.807) is 6.08 Å². The van der Waals surface area contributed by atoms with Crippen molar-refractivity contribution in [3.05, 3.63) is 102 Å². The van der Waals surface area contributed by atoms with E-state index in [1.165, 1.54) is 0 Å². The Morgan fingerprint density at radius 3 is 2.23 bits per heavy atom. The largest absolute Gasteiger partial charge is 0.489 e. The first-order chi connectivity index (χ1) is 17.2. The van der Waals surface area contributed by atoms with Gasteiger partial charge >= 0.3 is 0 Å². The monoisotopic (exact) mass is 464 g/mol. The summed E-state index contributed by atoms with van der Waals surface area (Å²) in [6.45, 7) is 5.31. The normalized spacial score (nSPS) is 14.0. The van der Waals surface area contributed by atoms with Crippen LogP contribution < -0.4 is 9.64 Å². The first kappa shape index (κ1) is 22.6. The average Bonchev–Trinajstić information content (AvgIpc) is 2.91. The minimum Gasteiger partial charge on any atom is -0.489 e. The Morgan fingerprint density at radius 2 is 1.51 bits per heavy atom. The molecule has 0 spiro atoms. The SMILES string of the molecule is Cc1nc2ccccc2nc1N1CCN(C(=O)/C=C/c2ccc(OCc3ccccc3)cc2)CC1. The zero-order valence-electron chi connectivity index (χ0n) is 19.8. The lowest BCUT2D eigenvalue weighted by atomic mass is 10.2. The van der Waals surface area contributed by atoms with Crippen molar-refractivity contribution < 1.29 is 9.53 Å². The number of hydrogen-bond donors (Lipinski definition) is 0. The van der Waals surface area contributed by atoms with Crippen LogP contribution in [0.5, 0.6) is 5.75 Å². The van der Waals surface area contributed by atoms with E-state index in [1.807, 2.05) is 96.8 Å². The Hall–Kier alpha value is -4.19. The van der Waals surface area contributed by atoms with Crippen LogP contribution in [0.25, 0.3) is 17.1 Å². The van der Waals surface area contributed by atoms with Crippen molar-refractivity contribution in [1.82, 2.24) is 14.9 Å². The molecule has 4 aromatic rings. The van der Waals surface area contributed by atoms with Crippen molar-refractivity contribution in [2.45, 2.75) is 13.5 Å². The Labute approximate surface area is 205 Å². The van der Waals surface area contributed by atoms with Gasteiger partial charge in [0, 0.05) is 32.3 Å². The Balaban J connectivity index is 1.14. The summed E-state index contributed by atoms with van der Waals surface area (Å²) in [5, 5.41) is 0. The van der Waals surface area contributed by atoms with E-state index in [9.17, 15) is 4.79 Å². The van der Waals surface area contributed by atoms with Gasteiger partial charge in [0.05, 0.1) is 16.7 Å². The third kappa shape index (κ3) is 5.49. The smallest absolute Gasteiger partial charge is 0.246 e. The summed E-state index contributed by atoms with van der Waals surface area (Å²) >= 11 is 0. The number of para-hydroxylation sites is 2. The zero-order chi connectivity index (χ0) is 24.0. The number of anilines is 1. The van der Waals surface area contributed by atoms with Crippen molar-refractivity contribution in [2.24, 2.45) is 0 Å². The van der Waals surface area contributed by atoms with Gasteiger partial charge in [-0.05, 0) is 48.4 Å². The number of benzene rings is 3. The molecule has 0 unspecified atom stereocenters. The molecule has 1 aromatic heterocycles. The fraction of sp³-hybridized carbons (Fsp3) is 0.207. The van der Waals surface area contributed by atoms with Crippen LogP contribution in [-0.4, -0.2) is 47.0 Å². The molecule has 176 valence electrons. The molecular weight excluding hydrogens is 436 g/mol. The molecule has 0 N–H and O–H groups in total. The molecule has 6 heteroatoms. The highest BCUT2D eigenvalue weighted by Crippen LogP contribution is 2.21. The molecule has 0 saturated carbocycles. The van der Waals surface area contributed by atoms with Crippen molar-refractivity contribution in [3.8, 4) is 5.75 Å². The van der Waals surface area contributed by atoms with Gasteiger partial charge in [0.25, 0.3) is 0 Å². The van der Waals surface area contributed by atoms with Crippen molar-refractivity contribution in [3.63, 3.8) is 0 Å². The van der Waals surface area contributed by atoms with Crippen molar-refractivity contribution in [1.29, 1.82) is 0 Å². The molecule has 0 atom stereocenters. The second kappa shape index (κ2) is 10.4. The summed E-state index contributed by atoms with van der Waals surface area (Å²) in [5.74, 6) is 1.73. The number of piperazine rings is 1. The van der Waals surface area contributed by atoms with Crippen LogP contribution in [0.15, 0.2) is 84.9 Å². The summed E-state index contributed by atoms with van der Waals surface area (Å²) in [4.78, 5) is 26.4. The predicted octanol–water partition coefficient (Wildman–Crippen LogP) is 4.88. The number of aromatic nitrogens is 2. The summed E-state index contributed by atoms with van der Waals surface area (Å²) in [6, 6.07) is 25.8. The standard InChI is InChI=1S/C29H28N4O2/c1-22-29(31-27-10-6-5-9-26(27)30-22)33-19-17-32(18-20-33)28(34)16-13-23-11-14-25(15-12-23)35-21-24-7-3-2-4-8-24/h2-16H,17-21H2,1H3/b16-13+. The van der Waals surface area contributed by atoms with E-state index in [4.69, 9.17) is 14.7 Å². The third-order valence-corrected chi connectivity index (χ3v) is 6.16. The number of fused-ring (bicyclic) bond motifs is 1. The minimum absolute atomic E-state index is 0.0235. The zero-order valence-corrected chi connectivity index (χ0v) is 19.8. The van der Waals surface area contributed by atoms with Crippen molar-refractivity contribution in [2.75, 3.05) is 31.1 Å². The number of rotatable bonds is 6. The van der Waals surface area contributed by atoms with E-state index < -0.39 is 0 Å². The lowest BCUT2D eigenvalue weighted by Gasteiger charge is -2.35.